The molecule has 1 atom stereocenters. The number of ether oxygens (including phenoxy) is 2. The number of alkyl halides is 3. The van der Waals surface area contributed by atoms with Gasteiger partial charge in [0.1, 0.15) is 11.9 Å². The van der Waals surface area contributed by atoms with Crippen LogP contribution in [0.4, 0.5) is 27.6 Å². The quantitative estimate of drug-likeness (QED) is 0.370. The zero-order valence-corrected chi connectivity index (χ0v) is 21.3. The predicted molar refractivity (Wildman–Crippen MR) is 123 cm³/mol. The van der Waals surface area contributed by atoms with Gasteiger partial charge in [-0.3, -0.25) is 13.9 Å². The highest BCUT2D eigenvalue weighted by molar-refractivity contribution is 7.92. The van der Waals surface area contributed by atoms with Gasteiger partial charge in [0.05, 0.1) is 23.5 Å². The molecular weight excluding hydrogens is 541 g/mol. The Balaban J connectivity index is 2.04. The van der Waals surface area contributed by atoms with E-state index in [4.69, 9.17) is 9.84 Å². The number of carbonyl (C=O) groups excluding carboxylic acids is 1. The maximum absolute atomic E-state index is 15.1. The summed E-state index contributed by atoms with van der Waals surface area (Å²) < 4.78 is 106. The van der Waals surface area contributed by atoms with Gasteiger partial charge in [0, 0.05) is 6.42 Å². The molecule has 38 heavy (non-hydrogen) atoms. The number of nitrogens with zero attached hydrogens (tertiary/aromatic N) is 1. The number of sulfonamides is 1. The van der Waals surface area contributed by atoms with Crippen LogP contribution in [0, 0.1) is 18.6 Å². The molecule has 1 aliphatic heterocycles. The van der Waals surface area contributed by atoms with Crippen LogP contribution in [0.3, 0.4) is 0 Å². The second kappa shape index (κ2) is 10.4. The first-order valence-corrected chi connectivity index (χ1v) is 12.6. The Morgan fingerprint density at radius 1 is 1.13 bits per heavy atom. The minimum absolute atomic E-state index is 0.0111. The summed E-state index contributed by atoms with van der Waals surface area (Å²) in [5, 5.41) is 8.99. The van der Waals surface area contributed by atoms with Crippen molar-refractivity contribution in [2.24, 2.45) is 0 Å². The summed E-state index contributed by atoms with van der Waals surface area (Å²) in [5.74, 6) is -4.89. The van der Waals surface area contributed by atoms with Crippen molar-refractivity contribution in [3.05, 3.63) is 53.1 Å². The fourth-order valence-corrected chi connectivity index (χ4v) is 5.21. The van der Waals surface area contributed by atoms with Gasteiger partial charge in [-0.15, -0.1) is 0 Å². The van der Waals surface area contributed by atoms with E-state index < -0.39 is 76.6 Å². The maximum Gasteiger partial charge on any atom is 0.427 e. The molecule has 0 aliphatic carbocycles. The van der Waals surface area contributed by atoms with E-state index in [1.807, 2.05) is 0 Å². The Labute approximate surface area is 215 Å². The van der Waals surface area contributed by atoms with E-state index in [0.29, 0.717) is 13.8 Å². The van der Waals surface area contributed by atoms with E-state index in [-0.39, 0.29) is 28.1 Å². The van der Waals surface area contributed by atoms with Gasteiger partial charge >= 0.3 is 18.1 Å². The average molecular weight is 566 g/mol. The molecular formula is C24H24F5NO7S. The lowest BCUT2D eigenvalue weighted by atomic mass is 10.1. The first-order valence-electron chi connectivity index (χ1n) is 11.2. The smallest absolute Gasteiger partial charge is 0.427 e. The minimum Gasteiger partial charge on any atom is -0.483 e. The van der Waals surface area contributed by atoms with E-state index in [0.717, 1.165) is 34.6 Å². The van der Waals surface area contributed by atoms with Crippen LogP contribution in [-0.2, 0) is 30.8 Å². The van der Waals surface area contributed by atoms with Crippen LogP contribution in [0.25, 0.3) is 0 Å². The average Bonchev–Trinajstić information content (AvgIpc) is 2.78. The molecule has 208 valence electrons. The summed E-state index contributed by atoms with van der Waals surface area (Å²) >= 11 is 0. The largest absolute Gasteiger partial charge is 0.483 e. The molecule has 0 saturated heterocycles. The lowest BCUT2D eigenvalue weighted by Crippen LogP contribution is -2.44. The minimum atomic E-state index is -4.87. The molecule has 0 spiro atoms. The number of halogens is 5. The number of carbonyl (C=O) groups is 2. The van der Waals surface area contributed by atoms with Crippen molar-refractivity contribution in [2.75, 3.05) is 10.8 Å². The van der Waals surface area contributed by atoms with Gasteiger partial charge < -0.3 is 14.6 Å². The van der Waals surface area contributed by atoms with E-state index in [9.17, 15) is 35.6 Å². The third-order valence-corrected chi connectivity index (χ3v) is 7.58. The Morgan fingerprint density at radius 3 is 2.37 bits per heavy atom. The molecule has 2 aromatic rings. The Kier molecular flexibility index (Phi) is 7.97. The molecule has 3 rings (SSSR count). The number of hydrogen-bond donors (Lipinski definition) is 1. The third-order valence-electron chi connectivity index (χ3n) is 5.80. The van der Waals surface area contributed by atoms with E-state index in [1.165, 1.54) is 6.92 Å². The first-order chi connectivity index (χ1) is 17.4. The number of aliphatic carboxylic acids is 1. The van der Waals surface area contributed by atoms with Crippen LogP contribution in [-0.4, -0.2) is 49.9 Å². The monoisotopic (exact) mass is 565 g/mol. The molecule has 0 unspecified atom stereocenters. The number of esters is 1. The predicted octanol–water partition coefficient (Wildman–Crippen LogP) is 4.52. The maximum atomic E-state index is 15.1. The second-order valence-corrected chi connectivity index (χ2v) is 11.1. The highest BCUT2D eigenvalue weighted by Gasteiger charge is 2.50. The molecule has 14 heteroatoms. The van der Waals surface area contributed by atoms with Crippen molar-refractivity contribution >= 4 is 27.6 Å². The number of carboxylic acid groups (broad SMARTS) is 1. The van der Waals surface area contributed by atoms with Crippen LogP contribution in [0.1, 0.15) is 37.8 Å². The number of carboxylic acids is 1. The summed E-state index contributed by atoms with van der Waals surface area (Å²) in [4.78, 5) is 22.9. The van der Waals surface area contributed by atoms with Gasteiger partial charge in [0.15, 0.2) is 11.6 Å². The zero-order chi connectivity index (χ0) is 28.6. The fraction of sp³-hybridized carbons (Fsp3) is 0.417. The number of rotatable bonds is 8. The van der Waals surface area contributed by atoms with Gasteiger partial charge in [-0.05, 0) is 68.7 Å². The van der Waals surface area contributed by atoms with Crippen LogP contribution in [0.15, 0.2) is 35.2 Å². The number of hydrogen-bond acceptors (Lipinski definition) is 6. The van der Waals surface area contributed by atoms with Crippen molar-refractivity contribution in [1.29, 1.82) is 0 Å². The van der Waals surface area contributed by atoms with Crippen molar-refractivity contribution in [3.8, 4) is 5.75 Å². The Bertz CT molecular complexity index is 1360. The number of aryl methyl sites for hydroxylation is 1. The fourth-order valence-electron chi connectivity index (χ4n) is 3.64. The highest BCUT2D eigenvalue weighted by atomic mass is 32.2. The molecule has 0 bridgehead atoms. The van der Waals surface area contributed by atoms with Crippen molar-refractivity contribution in [1.82, 2.24) is 0 Å². The number of anilines is 1. The van der Waals surface area contributed by atoms with Gasteiger partial charge in [0.25, 0.3) is 10.0 Å². The third kappa shape index (κ3) is 6.17. The highest BCUT2D eigenvalue weighted by Crippen LogP contribution is 2.41. The molecule has 1 N–H and O–H groups in total. The van der Waals surface area contributed by atoms with E-state index in [1.54, 1.807) is 0 Å². The van der Waals surface area contributed by atoms with Crippen molar-refractivity contribution in [3.63, 3.8) is 0 Å². The van der Waals surface area contributed by atoms with Crippen LogP contribution in [0.2, 0.25) is 0 Å². The standard InChI is InChI=1S/C24H24F5NO7S/c1-13-8-16(5-6-17(13)25)38(34,35)30-12-15(4-7-20(31)32)36-22-18(26)9-14(10-19(22)30)11-21(33)37-23(2,3)24(27,28)29/h5-6,8-10,15H,4,7,11-12H2,1-3H3,(H,31,32)/t15-/m0/s1. The number of fused-ring (bicyclic) bond motifs is 1. The summed E-state index contributed by atoms with van der Waals surface area (Å²) in [7, 11) is -4.49. The summed E-state index contributed by atoms with van der Waals surface area (Å²) in [5.41, 5.74) is -3.38. The van der Waals surface area contributed by atoms with Crippen LogP contribution >= 0.6 is 0 Å². The molecule has 1 heterocycles. The first kappa shape index (κ1) is 29.1. The topological polar surface area (TPSA) is 110 Å². The van der Waals surface area contributed by atoms with Crippen molar-refractivity contribution < 1.29 is 54.5 Å². The lowest BCUT2D eigenvalue weighted by Gasteiger charge is -2.36. The normalized spacial score (nSPS) is 16.0. The van der Waals surface area contributed by atoms with Gasteiger partial charge in [-0.2, -0.15) is 13.2 Å². The van der Waals surface area contributed by atoms with Gasteiger partial charge in [-0.1, -0.05) is 0 Å². The Morgan fingerprint density at radius 2 is 1.79 bits per heavy atom. The molecule has 0 amide bonds. The van der Waals surface area contributed by atoms with Crippen molar-refractivity contribution in [2.45, 2.75) is 62.8 Å². The molecule has 0 aromatic heterocycles. The SMILES string of the molecule is Cc1cc(S(=O)(=O)N2C[C@H](CCC(=O)O)Oc3c(F)cc(CC(=O)OC(C)(C)C(F)(F)F)cc32)ccc1F. The molecule has 0 fully saturated rings. The summed E-state index contributed by atoms with van der Waals surface area (Å²) in [6, 6.07) is 4.83. The molecule has 8 nitrogen and oxygen atoms in total. The molecule has 2 aromatic carbocycles. The van der Waals surface area contributed by atoms with Gasteiger partial charge in [-0.25, -0.2) is 17.2 Å². The molecule has 1 aliphatic rings. The Hall–Kier alpha value is -3.42. The summed E-state index contributed by atoms with van der Waals surface area (Å²) in [6.45, 7) is 2.17. The lowest BCUT2D eigenvalue weighted by molar-refractivity contribution is -0.257. The van der Waals surface area contributed by atoms with E-state index in [2.05, 4.69) is 4.74 Å². The summed E-state index contributed by atoms with van der Waals surface area (Å²) in [6.07, 6.45) is -7.36. The van der Waals surface area contributed by atoms with Crippen LogP contribution in [0.5, 0.6) is 5.75 Å². The van der Waals surface area contributed by atoms with Crippen LogP contribution < -0.4 is 9.04 Å². The number of benzene rings is 2. The molecule has 0 saturated carbocycles. The zero-order valence-electron chi connectivity index (χ0n) is 20.4. The van der Waals surface area contributed by atoms with E-state index >= 15 is 4.39 Å². The molecule has 0 radical (unpaired) electrons. The second-order valence-electron chi connectivity index (χ2n) is 9.20. The van der Waals surface area contributed by atoms with Gasteiger partial charge in [0.2, 0.25) is 5.60 Å².